The molecule has 1 aromatic carbocycles. The summed E-state index contributed by atoms with van der Waals surface area (Å²) in [5, 5.41) is 12.8. The van der Waals surface area contributed by atoms with E-state index in [-0.39, 0.29) is 0 Å². The van der Waals surface area contributed by atoms with Gasteiger partial charge in [-0.3, -0.25) is 0 Å². The fourth-order valence-electron chi connectivity index (χ4n) is 1.66. The van der Waals surface area contributed by atoms with Gasteiger partial charge in [0, 0.05) is 12.8 Å². The first kappa shape index (κ1) is 10.7. The molecule has 1 N–H and O–H groups in total. The number of oxime groups is 1. The first-order chi connectivity index (χ1) is 7.60. The van der Waals surface area contributed by atoms with E-state index >= 15 is 0 Å². The van der Waals surface area contributed by atoms with Crippen molar-refractivity contribution in [2.75, 3.05) is 0 Å². The van der Waals surface area contributed by atoms with Gasteiger partial charge >= 0.3 is 5.97 Å². The molecule has 0 saturated carbocycles. The van der Waals surface area contributed by atoms with Crippen molar-refractivity contribution < 1.29 is 14.7 Å². The number of carbonyl (C=O) groups is 1. The van der Waals surface area contributed by atoms with E-state index in [9.17, 15) is 4.79 Å². The first-order valence-electron chi connectivity index (χ1n) is 5.11. The highest BCUT2D eigenvalue weighted by atomic mass is 16.7. The lowest BCUT2D eigenvalue weighted by Crippen LogP contribution is -2.35. The maximum Gasteiger partial charge on any atom is 0.351 e. The highest BCUT2D eigenvalue weighted by Gasteiger charge is 2.41. The topological polar surface area (TPSA) is 58.9 Å². The number of aliphatic carboxylic acids is 1. The van der Waals surface area contributed by atoms with E-state index in [0.717, 1.165) is 11.3 Å². The van der Waals surface area contributed by atoms with Crippen LogP contribution in [0.15, 0.2) is 35.5 Å². The van der Waals surface area contributed by atoms with E-state index in [4.69, 9.17) is 9.94 Å². The molecule has 0 spiro atoms. The molecule has 0 aromatic heterocycles. The number of rotatable bonds is 3. The van der Waals surface area contributed by atoms with E-state index in [1.807, 2.05) is 30.3 Å². The summed E-state index contributed by atoms with van der Waals surface area (Å²) in [6, 6.07) is 9.81. The van der Waals surface area contributed by atoms with Gasteiger partial charge in [-0.25, -0.2) is 4.79 Å². The van der Waals surface area contributed by atoms with Crippen LogP contribution in [0.25, 0.3) is 0 Å². The zero-order valence-electron chi connectivity index (χ0n) is 9.01. The molecule has 0 radical (unpaired) electrons. The summed E-state index contributed by atoms with van der Waals surface area (Å²) in [5.41, 5.74) is 0.694. The molecule has 0 amide bonds. The molecule has 0 aliphatic carbocycles. The largest absolute Gasteiger partial charge is 0.478 e. The molecule has 1 atom stereocenters. The third-order valence-electron chi connectivity index (χ3n) is 2.62. The Kier molecular flexibility index (Phi) is 2.64. The minimum Gasteiger partial charge on any atom is -0.478 e. The van der Waals surface area contributed by atoms with Crippen molar-refractivity contribution in [3.8, 4) is 0 Å². The molecule has 84 valence electrons. The van der Waals surface area contributed by atoms with Crippen LogP contribution in [-0.2, 0) is 16.1 Å². The molecule has 0 saturated heterocycles. The van der Waals surface area contributed by atoms with E-state index in [1.54, 1.807) is 0 Å². The van der Waals surface area contributed by atoms with Gasteiger partial charge < -0.3 is 9.94 Å². The fourth-order valence-corrected chi connectivity index (χ4v) is 1.66. The van der Waals surface area contributed by atoms with Crippen LogP contribution in [0.2, 0.25) is 0 Å². The number of hydrogen-bond donors (Lipinski definition) is 1. The van der Waals surface area contributed by atoms with Crippen LogP contribution in [0.1, 0.15) is 18.9 Å². The van der Waals surface area contributed by atoms with Crippen molar-refractivity contribution in [3.63, 3.8) is 0 Å². The van der Waals surface area contributed by atoms with Crippen LogP contribution in [0.3, 0.4) is 0 Å². The average Bonchev–Trinajstić information content (AvgIpc) is 2.63. The van der Waals surface area contributed by atoms with E-state index in [1.165, 1.54) is 6.92 Å². The predicted molar refractivity (Wildman–Crippen MR) is 59.3 cm³/mol. The van der Waals surface area contributed by atoms with Crippen LogP contribution in [-0.4, -0.2) is 22.4 Å². The highest BCUT2D eigenvalue weighted by Crippen LogP contribution is 2.25. The zero-order valence-corrected chi connectivity index (χ0v) is 9.01. The van der Waals surface area contributed by atoms with E-state index in [0.29, 0.717) is 12.8 Å². The average molecular weight is 219 g/mol. The monoisotopic (exact) mass is 219 g/mol. The number of nitrogens with zero attached hydrogens (tertiary/aromatic N) is 1. The first-order valence-corrected chi connectivity index (χ1v) is 5.11. The molecule has 16 heavy (non-hydrogen) atoms. The summed E-state index contributed by atoms with van der Waals surface area (Å²) in [6.07, 6.45) is 0.987. The van der Waals surface area contributed by atoms with Crippen molar-refractivity contribution in [1.29, 1.82) is 0 Å². The summed E-state index contributed by atoms with van der Waals surface area (Å²) in [7, 11) is 0. The molecule has 1 aliphatic rings. The Hall–Kier alpha value is -1.84. The minimum absolute atomic E-state index is 0.344. The molecule has 4 heteroatoms. The van der Waals surface area contributed by atoms with Crippen molar-refractivity contribution in [3.05, 3.63) is 35.9 Å². The van der Waals surface area contributed by atoms with Gasteiger partial charge in [0.1, 0.15) is 0 Å². The maximum atomic E-state index is 10.9. The van der Waals surface area contributed by atoms with Crippen LogP contribution in [0.4, 0.5) is 0 Å². The van der Waals surface area contributed by atoms with Crippen LogP contribution in [0.5, 0.6) is 0 Å². The van der Waals surface area contributed by atoms with Crippen molar-refractivity contribution >= 4 is 11.7 Å². The quantitative estimate of drug-likeness (QED) is 0.843. The molecule has 1 aromatic rings. The molecular weight excluding hydrogens is 206 g/mol. The molecule has 1 aliphatic heterocycles. The lowest BCUT2D eigenvalue weighted by molar-refractivity contribution is -0.160. The number of carboxylic acid groups (broad SMARTS) is 1. The lowest BCUT2D eigenvalue weighted by Gasteiger charge is -2.14. The van der Waals surface area contributed by atoms with Gasteiger partial charge in [-0.05, 0) is 12.5 Å². The number of carboxylic acids is 1. The summed E-state index contributed by atoms with van der Waals surface area (Å²) >= 11 is 0. The smallest absolute Gasteiger partial charge is 0.351 e. The third-order valence-corrected chi connectivity index (χ3v) is 2.62. The van der Waals surface area contributed by atoms with Crippen LogP contribution >= 0.6 is 0 Å². The Bertz CT molecular complexity index is 427. The molecule has 0 fully saturated rings. The molecule has 0 bridgehead atoms. The van der Waals surface area contributed by atoms with Crippen molar-refractivity contribution in [1.82, 2.24) is 0 Å². The standard InChI is InChI=1S/C12H13NO3/c1-12(11(14)15)8-10(13-16-12)7-9-5-3-2-4-6-9/h2-6H,7-8H2,1H3,(H,14,15). The van der Waals surface area contributed by atoms with Gasteiger partial charge in [-0.15, -0.1) is 0 Å². The third kappa shape index (κ3) is 2.05. The molecule has 1 unspecified atom stereocenters. The van der Waals surface area contributed by atoms with Gasteiger partial charge in [-0.2, -0.15) is 0 Å². The van der Waals surface area contributed by atoms with Crippen LogP contribution < -0.4 is 0 Å². The minimum atomic E-state index is -1.19. The Balaban J connectivity index is 2.03. The molecule has 4 nitrogen and oxygen atoms in total. The number of hydrogen-bond acceptors (Lipinski definition) is 3. The lowest BCUT2D eigenvalue weighted by atomic mass is 9.96. The normalized spacial score (nSPS) is 23.7. The maximum absolute atomic E-state index is 10.9. The Morgan fingerprint density at radius 1 is 1.50 bits per heavy atom. The van der Waals surface area contributed by atoms with Gasteiger partial charge in [0.15, 0.2) is 0 Å². The second-order valence-electron chi connectivity index (χ2n) is 4.12. The molecule has 1 heterocycles. The van der Waals surface area contributed by atoms with E-state index < -0.39 is 11.6 Å². The Labute approximate surface area is 93.5 Å². The van der Waals surface area contributed by atoms with Crippen LogP contribution in [0, 0.1) is 0 Å². The summed E-state index contributed by atoms with van der Waals surface area (Å²) in [5.74, 6) is -0.973. The second-order valence-corrected chi connectivity index (χ2v) is 4.12. The zero-order chi connectivity index (χ0) is 11.6. The fraction of sp³-hybridized carbons (Fsp3) is 0.333. The molecule has 2 rings (SSSR count). The summed E-state index contributed by atoms with van der Waals surface area (Å²) in [6.45, 7) is 1.54. The molecular formula is C12H13NO3. The Morgan fingerprint density at radius 3 is 2.75 bits per heavy atom. The van der Waals surface area contributed by atoms with E-state index in [2.05, 4.69) is 5.16 Å². The SMILES string of the molecule is CC1(C(=O)O)CC(Cc2ccccc2)=NO1. The Morgan fingerprint density at radius 2 is 2.19 bits per heavy atom. The van der Waals surface area contributed by atoms with Gasteiger partial charge in [0.2, 0.25) is 5.60 Å². The van der Waals surface area contributed by atoms with Crippen molar-refractivity contribution in [2.24, 2.45) is 5.16 Å². The summed E-state index contributed by atoms with van der Waals surface area (Å²) < 4.78 is 0. The second kappa shape index (κ2) is 3.96. The number of benzene rings is 1. The van der Waals surface area contributed by atoms with Gasteiger partial charge in [-0.1, -0.05) is 35.5 Å². The van der Waals surface area contributed by atoms with Gasteiger partial charge in [0.05, 0.1) is 5.71 Å². The van der Waals surface area contributed by atoms with Gasteiger partial charge in [0.25, 0.3) is 0 Å². The predicted octanol–water partition coefficient (Wildman–Crippen LogP) is 1.85. The van der Waals surface area contributed by atoms with Crippen molar-refractivity contribution in [2.45, 2.75) is 25.4 Å². The highest BCUT2D eigenvalue weighted by molar-refractivity contribution is 5.93. The summed E-state index contributed by atoms with van der Waals surface area (Å²) in [4.78, 5) is 15.9.